The molecule has 2 heterocycles. The number of carboxylic acid groups (broad SMARTS) is 1. The van der Waals surface area contributed by atoms with Crippen LogP contribution in [-0.2, 0) is 4.74 Å². The van der Waals surface area contributed by atoms with Gasteiger partial charge in [-0.05, 0) is 26.8 Å². The second-order valence-electron chi connectivity index (χ2n) is 6.14. The van der Waals surface area contributed by atoms with Crippen LogP contribution in [0.4, 0.5) is 18.9 Å². The summed E-state index contributed by atoms with van der Waals surface area (Å²) in [4.78, 5) is 16.4. The average molecular weight is 318 g/mol. The molecular formula is C14H17F3N2O3. The van der Waals surface area contributed by atoms with Gasteiger partial charge in [0.2, 0.25) is 0 Å². The van der Waals surface area contributed by atoms with Crippen LogP contribution in [0, 0.1) is 0 Å². The number of alkyl halides is 3. The molecule has 1 aliphatic rings. The Morgan fingerprint density at radius 3 is 2.55 bits per heavy atom. The monoisotopic (exact) mass is 318 g/mol. The lowest BCUT2D eigenvalue weighted by atomic mass is 9.95. The number of rotatable bonds is 2. The number of carbonyl (C=O) groups is 1. The standard InChI is InChI=1S/C14H17F3N2O3/c1-12(2)7-19(8-13(3,22-12)14(15,16)17)10-4-5-18-6-9(10)11(20)21/h4-6H,7-8H2,1-3H3,(H,20,21). The Kier molecular flexibility index (Phi) is 3.85. The molecule has 0 saturated carbocycles. The Hall–Kier alpha value is -1.83. The smallest absolute Gasteiger partial charge is 0.418 e. The Labute approximate surface area is 125 Å². The third-order valence-corrected chi connectivity index (χ3v) is 3.53. The van der Waals surface area contributed by atoms with E-state index in [0.717, 1.165) is 13.1 Å². The molecule has 0 amide bonds. The van der Waals surface area contributed by atoms with Crippen molar-refractivity contribution in [1.29, 1.82) is 0 Å². The SMILES string of the molecule is CC1(C)CN(c2ccncc2C(=O)O)CC(C)(C(F)(F)F)O1. The number of carboxylic acids is 1. The maximum Gasteiger partial charge on any atom is 0.418 e. The molecule has 5 nitrogen and oxygen atoms in total. The summed E-state index contributed by atoms with van der Waals surface area (Å²) in [6.07, 6.45) is -2.08. The number of hydrogen-bond donors (Lipinski definition) is 1. The maximum absolute atomic E-state index is 13.3. The van der Waals surface area contributed by atoms with E-state index in [9.17, 15) is 23.1 Å². The first-order valence-electron chi connectivity index (χ1n) is 6.64. The first kappa shape index (κ1) is 16.5. The van der Waals surface area contributed by atoms with Crippen molar-refractivity contribution in [2.45, 2.75) is 38.1 Å². The van der Waals surface area contributed by atoms with Gasteiger partial charge >= 0.3 is 12.1 Å². The van der Waals surface area contributed by atoms with Crippen molar-refractivity contribution in [2.75, 3.05) is 18.0 Å². The molecule has 1 aliphatic heterocycles. The molecule has 8 heteroatoms. The minimum atomic E-state index is -4.57. The van der Waals surface area contributed by atoms with Crippen molar-refractivity contribution < 1.29 is 27.8 Å². The summed E-state index contributed by atoms with van der Waals surface area (Å²) >= 11 is 0. The van der Waals surface area contributed by atoms with Gasteiger partial charge in [-0.15, -0.1) is 0 Å². The molecule has 1 N–H and O–H groups in total. The van der Waals surface area contributed by atoms with Gasteiger partial charge in [-0.3, -0.25) is 4.98 Å². The Balaban J connectivity index is 2.46. The number of pyridine rings is 1. The van der Waals surface area contributed by atoms with E-state index in [4.69, 9.17) is 4.74 Å². The molecule has 1 saturated heterocycles. The molecule has 0 aromatic carbocycles. The fourth-order valence-electron chi connectivity index (χ4n) is 2.70. The second-order valence-corrected chi connectivity index (χ2v) is 6.14. The van der Waals surface area contributed by atoms with Crippen LogP contribution in [0.25, 0.3) is 0 Å². The molecule has 1 aromatic heterocycles. The summed E-state index contributed by atoms with van der Waals surface area (Å²) in [6.45, 7) is 3.73. The van der Waals surface area contributed by atoms with Gasteiger partial charge in [0.05, 0.1) is 17.8 Å². The van der Waals surface area contributed by atoms with Gasteiger partial charge in [-0.2, -0.15) is 13.2 Å². The van der Waals surface area contributed by atoms with Crippen LogP contribution in [0.5, 0.6) is 0 Å². The van der Waals surface area contributed by atoms with Crippen LogP contribution in [-0.4, -0.2) is 46.5 Å². The molecule has 1 atom stereocenters. The Morgan fingerprint density at radius 2 is 2.00 bits per heavy atom. The number of ether oxygens (including phenoxy) is 1. The van der Waals surface area contributed by atoms with Gasteiger partial charge in [0, 0.05) is 18.9 Å². The van der Waals surface area contributed by atoms with Gasteiger partial charge in [0.25, 0.3) is 0 Å². The van der Waals surface area contributed by atoms with E-state index in [0.29, 0.717) is 0 Å². The van der Waals surface area contributed by atoms with Crippen molar-refractivity contribution in [2.24, 2.45) is 0 Å². The molecule has 0 radical (unpaired) electrons. The van der Waals surface area contributed by atoms with Crippen LogP contribution < -0.4 is 4.90 Å². The highest BCUT2D eigenvalue weighted by Crippen LogP contribution is 2.42. The van der Waals surface area contributed by atoms with Gasteiger partial charge in [-0.25, -0.2) is 4.79 Å². The lowest BCUT2D eigenvalue weighted by molar-refractivity contribution is -0.302. The van der Waals surface area contributed by atoms with E-state index < -0.39 is 29.9 Å². The zero-order valence-electron chi connectivity index (χ0n) is 12.4. The minimum absolute atomic E-state index is 0.135. The van der Waals surface area contributed by atoms with E-state index in [-0.39, 0.29) is 17.8 Å². The number of halogens is 3. The van der Waals surface area contributed by atoms with Crippen molar-refractivity contribution in [3.8, 4) is 0 Å². The molecule has 1 unspecified atom stereocenters. The number of morpholine rings is 1. The first-order chi connectivity index (χ1) is 9.95. The van der Waals surface area contributed by atoms with Gasteiger partial charge in [0.1, 0.15) is 5.56 Å². The van der Waals surface area contributed by atoms with E-state index in [1.165, 1.54) is 17.2 Å². The van der Waals surface area contributed by atoms with E-state index in [1.54, 1.807) is 13.8 Å². The number of aromatic nitrogens is 1. The third kappa shape index (κ3) is 3.01. The number of anilines is 1. The van der Waals surface area contributed by atoms with E-state index in [1.807, 2.05) is 0 Å². The predicted molar refractivity (Wildman–Crippen MR) is 73.0 cm³/mol. The lowest BCUT2D eigenvalue weighted by Gasteiger charge is -2.49. The Morgan fingerprint density at radius 1 is 1.36 bits per heavy atom. The fraction of sp³-hybridized carbons (Fsp3) is 0.571. The highest BCUT2D eigenvalue weighted by molar-refractivity contribution is 5.94. The summed E-state index contributed by atoms with van der Waals surface area (Å²) in [7, 11) is 0. The van der Waals surface area contributed by atoms with Crippen molar-refractivity contribution in [1.82, 2.24) is 4.98 Å². The van der Waals surface area contributed by atoms with Crippen LogP contribution in [0.2, 0.25) is 0 Å². The molecule has 0 bridgehead atoms. The summed E-state index contributed by atoms with van der Waals surface area (Å²) < 4.78 is 45.3. The highest BCUT2D eigenvalue weighted by atomic mass is 19.4. The van der Waals surface area contributed by atoms with Crippen LogP contribution in [0.15, 0.2) is 18.5 Å². The topological polar surface area (TPSA) is 62.7 Å². The highest BCUT2D eigenvalue weighted by Gasteiger charge is 2.58. The molecule has 0 aliphatic carbocycles. The zero-order valence-corrected chi connectivity index (χ0v) is 12.4. The van der Waals surface area contributed by atoms with Crippen LogP contribution in [0.3, 0.4) is 0 Å². The van der Waals surface area contributed by atoms with Crippen LogP contribution in [0.1, 0.15) is 31.1 Å². The minimum Gasteiger partial charge on any atom is -0.478 e. The third-order valence-electron chi connectivity index (χ3n) is 3.53. The van der Waals surface area contributed by atoms with Crippen molar-refractivity contribution >= 4 is 11.7 Å². The molecule has 22 heavy (non-hydrogen) atoms. The van der Waals surface area contributed by atoms with Gasteiger partial charge in [0.15, 0.2) is 5.60 Å². The lowest BCUT2D eigenvalue weighted by Crippen LogP contribution is -2.64. The van der Waals surface area contributed by atoms with Crippen LogP contribution >= 0.6 is 0 Å². The molecule has 0 spiro atoms. The molecule has 2 rings (SSSR count). The molecular weight excluding hydrogens is 301 g/mol. The van der Waals surface area contributed by atoms with E-state index >= 15 is 0 Å². The normalized spacial score (nSPS) is 25.1. The largest absolute Gasteiger partial charge is 0.478 e. The molecule has 1 fully saturated rings. The van der Waals surface area contributed by atoms with Crippen molar-refractivity contribution in [3.63, 3.8) is 0 Å². The van der Waals surface area contributed by atoms with Crippen molar-refractivity contribution in [3.05, 3.63) is 24.0 Å². The summed E-state index contributed by atoms with van der Waals surface area (Å²) in [6, 6.07) is 1.40. The average Bonchev–Trinajstić information content (AvgIpc) is 2.35. The molecule has 1 aromatic rings. The first-order valence-corrected chi connectivity index (χ1v) is 6.64. The zero-order chi connectivity index (χ0) is 16.8. The summed E-state index contributed by atoms with van der Waals surface area (Å²) in [5, 5.41) is 9.20. The molecule has 122 valence electrons. The van der Waals surface area contributed by atoms with Gasteiger partial charge in [-0.1, -0.05) is 0 Å². The number of nitrogens with zero attached hydrogens (tertiary/aromatic N) is 2. The predicted octanol–water partition coefficient (Wildman–Crippen LogP) is 2.72. The second kappa shape index (κ2) is 5.12. The summed E-state index contributed by atoms with van der Waals surface area (Å²) in [5.41, 5.74) is -3.39. The van der Waals surface area contributed by atoms with E-state index in [2.05, 4.69) is 4.98 Å². The Bertz CT molecular complexity index is 589. The number of aromatic carboxylic acids is 1. The maximum atomic E-state index is 13.3. The van der Waals surface area contributed by atoms with Gasteiger partial charge < -0.3 is 14.7 Å². The number of hydrogen-bond acceptors (Lipinski definition) is 4. The summed E-state index contributed by atoms with van der Waals surface area (Å²) in [5.74, 6) is -1.24. The quantitative estimate of drug-likeness (QED) is 0.908. The fourth-order valence-corrected chi connectivity index (χ4v) is 2.70.